The van der Waals surface area contributed by atoms with Crippen LogP contribution in [-0.4, -0.2) is 31.0 Å². The molecule has 0 aromatic rings. The second-order valence-corrected chi connectivity index (χ2v) is 0.934. The summed E-state index contributed by atoms with van der Waals surface area (Å²) in [7, 11) is 0. The first-order valence-electron chi connectivity index (χ1n) is 1.65. The van der Waals surface area contributed by atoms with E-state index in [1.54, 1.807) is 0 Å². The fourth-order valence-electron chi connectivity index (χ4n) is 0.295. The van der Waals surface area contributed by atoms with Gasteiger partial charge in [-0.1, -0.05) is 0 Å². The van der Waals surface area contributed by atoms with Crippen molar-refractivity contribution in [2.75, 3.05) is 20.0 Å². The predicted molar refractivity (Wildman–Crippen MR) is 28.1 cm³/mol. The predicted octanol–water partition coefficient (Wildman–Crippen LogP) is -1.46. The van der Waals surface area contributed by atoms with Gasteiger partial charge in [0.05, 0.1) is 13.2 Å². The maximum atomic E-state index is 4.72. The fraction of sp³-hybridized carbons (Fsp3) is 1.00. The van der Waals surface area contributed by atoms with Crippen molar-refractivity contribution in [1.82, 2.24) is 0 Å². The van der Waals surface area contributed by atoms with E-state index in [0.29, 0.717) is 6.79 Å². The molecule has 0 spiro atoms. The third-order valence-corrected chi connectivity index (χ3v) is 0.539. The van der Waals surface area contributed by atoms with Gasteiger partial charge in [0.2, 0.25) is 0 Å². The molecule has 1 rings (SSSR count). The van der Waals surface area contributed by atoms with E-state index < -0.39 is 0 Å². The number of ether oxygens (including phenoxy) is 2. The number of hydrogen-bond acceptors (Lipinski definition) is 2. The van der Waals surface area contributed by atoms with E-state index in [4.69, 9.17) is 9.47 Å². The maximum absolute atomic E-state index is 4.72. The molecule has 7 heavy (non-hydrogen) atoms. The van der Waals surface area contributed by atoms with Crippen molar-refractivity contribution in [3.05, 3.63) is 0 Å². The Kier molecular flexibility index (Phi) is 10.1. The minimum absolute atomic E-state index is 0. The van der Waals surface area contributed by atoms with Gasteiger partial charge in [0.15, 0.2) is 0 Å². The molecule has 2 nitrogen and oxygen atoms in total. The minimum atomic E-state index is 0. The first-order valence-corrected chi connectivity index (χ1v) is 1.65. The van der Waals surface area contributed by atoms with Gasteiger partial charge in [0.1, 0.15) is 6.79 Å². The summed E-state index contributed by atoms with van der Waals surface area (Å²) in [5, 5.41) is 0. The summed E-state index contributed by atoms with van der Waals surface area (Å²) >= 11 is 0. The van der Waals surface area contributed by atoms with E-state index in [9.17, 15) is 0 Å². The molecule has 0 aromatic heterocycles. The molecular formula is C3H10CoO2Si. The first-order chi connectivity index (χ1) is 2.50. The molecule has 1 aliphatic heterocycles. The quantitative estimate of drug-likeness (QED) is 0.408. The van der Waals surface area contributed by atoms with E-state index >= 15 is 0 Å². The normalized spacial score (nSPS) is 17.1. The summed E-state index contributed by atoms with van der Waals surface area (Å²) in [6, 6.07) is 0. The van der Waals surface area contributed by atoms with Crippen LogP contribution < -0.4 is 0 Å². The van der Waals surface area contributed by atoms with Crippen LogP contribution in [0.1, 0.15) is 0 Å². The molecule has 1 aliphatic rings. The Labute approximate surface area is 57.8 Å². The molecule has 0 aromatic carbocycles. The van der Waals surface area contributed by atoms with Gasteiger partial charge < -0.3 is 9.47 Å². The Morgan fingerprint density at radius 1 is 1.00 bits per heavy atom. The molecule has 0 N–H and O–H groups in total. The first kappa shape index (κ1) is 10.6. The maximum Gasteiger partial charge on any atom is 0.146 e. The summed E-state index contributed by atoms with van der Waals surface area (Å²) in [5.41, 5.74) is 0. The van der Waals surface area contributed by atoms with Gasteiger partial charge in [-0.25, -0.2) is 0 Å². The van der Waals surface area contributed by atoms with Gasteiger partial charge in [-0.2, -0.15) is 0 Å². The molecule has 0 bridgehead atoms. The van der Waals surface area contributed by atoms with E-state index in [2.05, 4.69) is 0 Å². The molecule has 0 atom stereocenters. The van der Waals surface area contributed by atoms with Gasteiger partial charge in [-0.05, 0) is 11.0 Å². The average molecular weight is 165 g/mol. The molecule has 1 saturated heterocycles. The smallest absolute Gasteiger partial charge is 0.146 e. The summed E-state index contributed by atoms with van der Waals surface area (Å²) in [6.45, 7) is 2.06. The van der Waals surface area contributed by atoms with Crippen LogP contribution in [0.4, 0.5) is 0 Å². The van der Waals surface area contributed by atoms with E-state index in [0.717, 1.165) is 13.2 Å². The molecule has 0 unspecified atom stereocenters. The van der Waals surface area contributed by atoms with Crippen LogP contribution in [0.15, 0.2) is 0 Å². The Balaban J connectivity index is 0. The van der Waals surface area contributed by atoms with Crippen molar-refractivity contribution >= 4 is 11.0 Å². The van der Waals surface area contributed by atoms with E-state index in [-0.39, 0.29) is 27.7 Å². The zero-order valence-electron chi connectivity index (χ0n) is 3.27. The van der Waals surface area contributed by atoms with Crippen LogP contribution in [-0.2, 0) is 26.3 Å². The molecule has 47 valence electrons. The molecule has 4 heteroatoms. The van der Waals surface area contributed by atoms with Gasteiger partial charge in [0.25, 0.3) is 0 Å². The molecule has 0 amide bonds. The Morgan fingerprint density at radius 3 is 1.57 bits per heavy atom. The van der Waals surface area contributed by atoms with Crippen molar-refractivity contribution in [1.29, 1.82) is 0 Å². The monoisotopic (exact) mass is 165 g/mol. The SMILES string of the molecule is C1COCO1.[Co].[SiH4]. The summed E-state index contributed by atoms with van der Waals surface area (Å²) in [5.74, 6) is 0. The van der Waals surface area contributed by atoms with Crippen LogP contribution in [0.5, 0.6) is 0 Å². The molecule has 1 fully saturated rings. The molecular weight excluding hydrogens is 155 g/mol. The van der Waals surface area contributed by atoms with E-state index in [1.165, 1.54) is 0 Å². The van der Waals surface area contributed by atoms with Gasteiger partial charge in [0, 0.05) is 16.8 Å². The van der Waals surface area contributed by atoms with Crippen LogP contribution >= 0.6 is 0 Å². The Bertz CT molecular complexity index is 24.5. The third-order valence-electron chi connectivity index (χ3n) is 0.539. The van der Waals surface area contributed by atoms with Crippen molar-refractivity contribution in [3.8, 4) is 0 Å². The second-order valence-electron chi connectivity index (χ2n) is 0.934. The second kappa shape index (κ2) is 6.64. The Hall–Kier alpha value is 0.643. The van der Waals surface area contributed by atoms with Crippen LogP contribution in [0, 0.1) is 0 Å². The van der Waals surface area contributed by atoms with Crippen LogP contribution in [0.2, 0.25) is 0 Å². The van der Waals surface area contributed by atoms with Crippen molar-refractivity contribution in [2.45, 2.75) is 0 Å². The summed E-state index contributed by atoms with van der Waals surface area (Å²) in [4.78, 5) is 0. The molecule has 0 saturated carbocycles. The zero-order chi connectivity index (χ0) is 3.54. The molecule has 0 aliphatic carbocycles. The van der Waals surface area contributed by atoms with Crippen molar-refractivity contribution < 1.29 is 26.3 Å². The van der Waals surface area contributed by atoms with E-state index in [1.807, 2.05) is 0 Å². The molecule has 1 heterocycles. The summed E-state index contributed by atoms with van der Waals surface area (Å²) in [6.07, 6.45) is 0. The standard InChI is InChI=1S/C3H6O2.Co.H4Si/c1-2-5-3-4-1;;/h1-3H2;;1H4. The van der Waals surface area contributed by atoms with Gasteiger partial charge in [-0.3, -0.25) is 0 Å². The largest absolute Gasteiger partial charge is 0.353 e. The van der Waals surface area contributed by atoms with Crippen LogP contribution in [0.3, 0.4) is 0 Å². The summed E-state index contributed by atoms with van der Waals surface area (Å²) < 4.78 is 9.44. The number of hydrogen-bond donors (Lipinski definition) is 0. The van der Waals surface area contributed by atoms with Crippen LogP contribution in [0.25, 0.3) is 0 Å². The average Bonchev–Trinajstić information content (AvgIpc) is 1.76. The van der Waals surface area contributed by atoms with Crippen molar-refractivity contribution in [2.24, 2.45) is 0 Å². The van der Waals surface area contributed by atoms with Gasteiger partial charge in [-0.15, -0.1) is 0 Å². The third kappa shape index (κ3) is 4.50. The number of rotatable bonds is 0. The van der Waals surface area contributed by atoms with Gasteiger partial charge >= 0.3 is 0 Å². The molecule has 1 radical (unpaired) electrons. The van der Waals surface area contributed by atoms with Crippen molar-refractivity contribution in [3.63, 3.8) is 0 Å². The topological polar surface area (TPSA) is 18.5 Å². The zero-order valence-corrected chi connectivity index (χ0v) is 4.31. The Morgan fingerprint density at radius 2 is 1.43 bits per heavy atom. The minimum Gasteiger partial charge on any atom is -0.353 e. The fourth-order valence-corrected chi connectivity index (χ4v) is 0.295.